The number of halogens is 2. The summed E-state index contributed by atoms with van der Waals surface area (Å²) >= 11 is 0. The number of aryl methyl sites for hydroxylation is 2. The zero-order valence-corrected chi connectivity index (χ0v) is 18.5. The largest absolute Gasteiger partial charge is 0.493 e. The summed E-state index contributed by atoms with van der Waals surface area (Å²) in [6, 6.07) is 7.45. The van der Waals surface area contributed by atoms with Crippen LogP contribution >= 0.6 is 0 Å². The fourth-order valence-corrected chi connectivity index (χ4v) is 3.34. The summed E-state index contributed by atoms with van der Waals surface area (Å²) < 4.78 is 37.8. The van der Waals surface area contributed by atoms with Crippen molar-refractivity contribution in [3.8, 4) is 11.8 Å². The van der Waals surface area contributed by atoms with E-state index in [1.807, 2.05) is 31.2 Å². The predicted molar refractivity (Wildman–Crippen MR) is 119 cm³/mol. The van der Waals surface area contributed by atoms with Gasteiger partial charge in [0.15, 0.2) is 5.52 Å². The lowest BCUT2D eigenvalue weighted by Gasteiger charge is -2.12. The fraction of sp³-hybridized carbons (Fsp3) is 0.455. The summed E-state index contributed by atoms with van der Waals surface area (Å²) in [5.74, 6) is 0.768. The van der Waals surface area contributed by atoms with Gasteiger partial charge in [-0.3, -0.25) is 23.7 Å². The van der Waals surface area contributed by atoms with E-state index < -0.39 is 23.2 Å². The maximum atomic E-state index is 12.7. The summed E-state index contributed by atoms with van der Waals surface area (Å²) in [5, 5.41) is 0. The molecule has 0 bridgehead atoms. The van der Waals surface area contributed by atoms with Crippen LogP contribution in [-0.2, 0) is 13.6 Å². The molecular weight excluding hydrogens is 438 g/mol. The molecule has 0 saturated carbocycles. The first-order chi connectivity index (χ1) is 15.8. The maximum absolute atomic E-state index is 12.7. The van der Waals surface area contributed by atoms with Crippen LogP contribution in [0.25, 0.3) is 11.0 Å². The number of ether oxygens (including phenoxy) is 2. The third-order valence-electron chi connectivity index (χ3n) is 5.10. The molecule has 178 valence electrons. The van der Waals surface area contributed by atoms with Gasteiger partial charge in [0.05, 0.1) is 13.2 Å². The molecule has 0 amide bonds. The van der Waals surface area contributed by atoms with E-state index in [-0.39, 0.29) is 49.5 Å². The van der Waals surface area contributed by atoms with Crippen molar-refractivity contribution in [2.45, 2.75) is 45.6 Å². The molecule has 0 aliphatic carbocycles. The molecule has 1 aromatic carbocycles. The molecule has 9 nitrogen and oxygen atoms in total. The minimum Gasteiger partial charge on any atom is -0.493 e. The topological polar surface area (TPSA) is 108 Å². The Kier molecular flexibility index (Phi) is 7.96. The number of para-hydroxylation sites is 1. The highest BCUT2D eigenvalue weighted by Gasteiger charge is 2.17. The smallest absolute Gasteiger partial charge is 0.331 e. The molecule has 0 aliphatic rings. The van der Waals surface area contributed by atoms with Crippen LogP contribution in [0.2, 0.25) is 0 Å². The molecule has 11 heteroatoms. The van der Waals surface area contributed by atoms with Gasteiger partial charge < -0.3 is 9.47 Å². The number of rotatable bonds is 11. The van der Waals surface area contributed by atoms with Crippen LogP contribution in [0.4, 0.5) is 8.78 Å². The first-order valence-corrected chi connectivity index (χ1v) is 10.6. The van der Waals surface area contributed by atoms with Crippen molar-refractivity contribution >= 4 is 11.0 Å². The zero-order chi connectivity index (χ0) is 24.0. The average Bonchev–Trinajstić information content (AvgIpc) is 2.78. The monoisotopic (exact) mass is 464 g/mol. The van der Waals surface area contributed by atoms with Crippen LogP contribution in [-0.4, -0.2) is 38.7 Å². The Morgan fingerprint density at radius 1 is 1.06 bits per heavy atom. The van der Waals surface area contributed by atoms with Gasteiger partial charge in [-0.05, 0) is 31.4 Å². The van der Waals surface area contributed by atoms with Gasteiger partial charge in [0.1, 0.15) is 11.3 Å². The molecule has 2 heterocycles. The highest BCUT2D eigenvalue weighted by molar-refractivity contribution is 5.72. The first-order valence-electron chi connectivity index (χ1n) is 10.6. The van der Waals surface area contributed by atoms with Gasteiger partial charge in [0, 0.05) is 26.4 Å². The predicted octanol–water partition coefficient (Wildman–Crippen LogP) is 2.38. The lowest BCUT2D eigenvalue weighted by Crippen LogP contribution is -2.41. The molecule has 1 N–H and O–H groups in total. The lowest BCUT2D eigenvalue weighted by atomic mass is 10.2. The molecule has 3 rings (SSSR count). The van der Waals surface area contributed by atoms with Crippen molar-refractivity contribution in [3.05, 3.63) is 61.0 Å². The minimum atomic E-state index is -2.44. The van der Waals surface area contributed by atoms with E-state index in [2.05, 4.69) is 9.97 Å². The highest BCUT2D eigenvalue weighted by Crippen LogP contribution is 2.16. The zero-order valence-electron chi connectivity index (χ0n) is 18.5. The van der Waals surface area contributed by atoms with Gasteiger partial charge in [0.2, 0.25) is 6.43 Å². The van der Waals surface area contributed by atoms with Gasteiger partial charge in [-0.15, -0.1) is 0 Å². The highest BCUT2D eigenvalue weighted by atomic mass is 19.3. The second-order valence-corrected chi connectivity index (χ2v) is 7.57. The number of aromatic nitrogens is 4. The van der Waals surface area contributed by atoms with Gasteiger partial charge in [0.25, 0.3) is 17.1 Å². The average molecular weight is 464 g/mol. The number of nitrogens with zero attached hydrogens (tertiary/aromatic N) is 3. The van der Waals surface area contributed by atoms with Gasteiger partial charge >= 0.3 is 5.69 Å². The summed E-state index contributed by atoms with van der Waals surface area (Å²) in [7, 11) is 1.27. The molecule has 33 heavy (non-hydrogen) atoms. The van der Waals surface area contributed by atoms with Gasteiger partial charge in [-0.25, -0.2) is 13.6 Å². The number of H-pyrrole nitrogens is 1. The quantitative estimate of drug-likeness (QED) is 0.437. The Hall–Kier alpha value is -3.50. The summed E-state index contributed by atoms with van der Waals surface area (Å²) in [4.78, 5) is 44.2. The number of aromatic amines is 1. The van der Waals surface area contributed by atoms with Crippen LogP contribution in [0.3, 0.4) is 0 Å². The Bertz CT molecular complexity index is 1280. The number of hydrogen-bond donors (Lipinski definition) is 1. The molecule has 2 aromatic heterocycles. The molecule has 3 aromatic rings. The molecule has 0 spiro atoms. The SMILES string of the molecule is Cc1ccccc1OCCCOc1nc2c(=O)n(C)c(=O)n(CCCCC(F)F)c2c(=O)[nH]1. The fourth-order valence-electron chi connectivity index (χ4n) is 3.34. The van der Waals surface area contributed by atoms with E-state index in [0.717, 1.165) is 20.4 Å². The van der Waals surface area contributed by atoms with Gasteiger partial charge in [-0.1, -0.05) is 18.2 Å². The van der Waals surface area contributed by atoms with E-state index >= 15 is 0 Å². The van der Waals surface area contributed by atoms with Crippen molar-refractivity contribution < 1.29 is 18.3 Å². The van der Waals surface area contributed by atoms with E-state index in [0.29, 0.717) is 13.0 Å². The number of nitrogens with one attached hydrogen (secondary N) is 1. The van der Waals surface area contributed by atoms with Crippen LogP contribution in [0.15, 0.2) is 38.6 Å². The second kappa shape index (κ2) is 10.9. The molecule has 0 saturated heterocycles. The Morgan fingerprint density at radius 2 is 1.79 bits per heavy atom. The van der Waals surface area contributed by atoms with E-state index in [9.17, 15) is 23.2 Å². The van der Waals surface area contributed by atoms with Crippen LogP contribution in [0.5, 0.6) is 11.8 Å². The molecular formula is C22H26F2N4O5. The number of benzene rings is 1. The maximum Gasteiger partial charge on any atom is 0.331 e. The number of alkyl halides is 2. The molecule has 0 radical (unpaired) electrons. The minimum absolute atomic E-state index is 0.0113. The molecule has 0 fully saturated rings. The number of fused-ring (bicyclic) bond motifs is 1. The van der Waals surface area contributed by atoms with Gasteiger partial charge in [-0.2, -0.15) is 4.98 Å². The Balaban J connectivity index is 1.73. The molecule has 0 unspecified atom stereocenters. The van der Waals surface area contributed by atoms with Crippen molar-refractivity contribution in [2.75, 3.05) is 13.2 Å². The summed E-state index contributed by atoms with van der Waals surface area (Å²) in [6.07, 6.45) is -1.83. The van der Waals surface area contributed by atoms with E-state index in [1.165, 1.54) is 7.05 Å². The Morgan fingerprint density at radius 3 is 2.52 bits per heavy atom. The Labute approximate surface area is 187 Å². The van der Waals surface area contributed by atoms with E-state index in [1.54, 1.807) is 0 Å². The first kappa shape index (κ1) is 24.1. The summed E-state index contributed by atoms with van der Waals surface area (Å²) in [5.41, 5.74) is -1.57. The standard InChI is InChI=1S/C22H26F2N4O5/c1-14-8-3-4-9-15(14)32-12-7-13-33-21-25-17-18(19(29)26-21)28(11-6-5-10-16(23)24)22(31)27(2)20(17)30/h3-4,8-9,16H,5-7,10-13H2,1-2H3,(H,25,26,29). The van der Waals surface area contributed by atoms with Crippen LogP contribution in [0.1, 0.15) is 31.2 Å². The summed E-state index contributed by atoms with van der Waals surface area (Å²) in [6.45, 7) is 2.50. The van der Waals surface area contributed by atoms with Crippen molar-refractivity contribution in [2.24, 2.45) is 7.05 Å². The normalized spacial score (nSPS) is 11.3. The molecule has 0 aliphatic heterocycles. The van der Waals surface area contributed by atoms with E-state index in [4.69, 9.17) is 9.47 Å². The van der Waals surface area contributed by atoms with Crippen molar-refractivity contribution in [1.29, 1.82) is 0 Å². The van der Waals surface area contributed by atoms with Crippen molar-refractivity contribution in [3.63, 3.8) is 0 Å². The number of unbranched alkanes of at least 4 members (excludes halogenated alkanes) is 1. The van der Waals surface area contributed by atoms with Crippen molar-refractivity contribution in [1.82, 2.24) is 19.1 Å². The third-order valence-corrected chi connectivity index (χ3v) is 5.10. The molecule has 0 atom stereocenters. The number of hydrogen-bond acceptors (Lipinski definition) is 6. The lowest BCUT2D eigenvalue weighted by molar-refractivity contribution is 0.133. The second-order valence-electron chi connectivity index (χ2n) is 7.57. The van der Waals surface area contributed by atoms with Crippen LogP contribution in [0, 0.1) is 6.92 Å². The van der Waals surface area contributed by atoms with Crippen LogP contribution < -0.4 is 26.3 Å². The third kappa shape index (κ3) is 5.85.